The molecule has 0 aromatic carbocycles. The zero-order chi connectivity index (χ0) is 12.1. The average Bonchev–Trinajstić information content (AvgIpc) is 2.96. The minimum Gasteiger partial charge on any atom is -0.476 e. The molecule has 0 radical (unpaired) electrons. The Morgan fingerprint density at radius 1 is 1.59 bits per heavy atom. The van der Waals surface area contributed by atoms with Gasteiger partial charge < -0.3 is 14.9 Å². The Kier molecular flexibility index (Phi) is 3.93. The van der Waals surface area contributed by atoms with Crippen LogP contribution in [0.15, 0.2) is 22.2 Å². The average molecular weight is 236 g/mol. The molecule has 0 bridgehead atoms. The van der Waals surface area contributed by atoms with Crippen LogP contribution in [0.4, 0.5) is 0 Å². The molecule has 0 aliphatic heterocycles. The Hall–Kier alpha value is -1.62. The summed E-state index contributed by atoms with van der Waals surface area (Å²) in [6, 6.07) is 1.45. The topological polar surface area (TPSA) is 75.4 Å². The van der Waals surface area contributed by atoms with Gasteiger partial charge in [0.15, 0.2) is 11.5 Å². The molecule has 0 atom stereocenters. The molecule has 92 valence electrons. The van der Waals surface area contributed by atoms with E-state index < -0.39 is 5.97 Å². The fourth-order valence-corrected chi connectivity index (χ4v) is 1.92. The summed E-state index contributed by atoms with van der Waals surface area (Å²) in [5, 5.41) is 15.3. The van der Waals surface area contributed by atoms with Crippen molar-refractivity contribution in [3.8, 4) is 0 Å². The number of rotatable bonds is 6. The van der Waals surface area contributed by atoms with Gasteiger partial charge in [0.25, 0.3) is 0 Å². The highest BCUT2D eigenvalue weighted by molar-refractivity contribution is 5.85. The van der Waals surface area contributed by atoms with Crippen molar-refractivity contribution in [3.05, 3.63) is 29.2 Å². The van der Waals surface area contributed by atoms with E-state index in [2.05, 4.69) is 16.5 Å². The zero-order valence-electron chi connectivity index (χ0n) is 9.61. The lowest BCUT2D eigenvalue weighted by atomic mass is 10.2. The number of carboxylic acids is 1. The van der Waals surface area contributed by atoms with Gasteiger partial charge in [0.05, 0.1) is 6.54 Å². The fourth-order valence-electron chi connectivity index (χ4n) is 1.92. The number of hydrogen-bond acceptors (Lipinski definition) is 4. The molecule has 5 heteroatoms. The Morgan fingerprint density at radius 2 is 2.47 bits per heavy atom. The lowest BCUT2D eigenvalue weighted by Crippen LogP contribution is -2.14. The number of aromatic carboxylic acids is 1. The van der Waals surface area contributed by atoms with Crippen LogP contribution in [0.1, 0.15) is 41.9 Å². The van der Waals surface area contributed by atoms with Gasteiger partial charge in [-0.25, -0.2) is 4.79 Å². The maximum absolute atomic E-state index is 10.6. The van der Waals surface area contributed by atoms with Crippen molar-refractivity contribution < 1.29 is 14.4 Å². The molecule has 0 spiro atoms. The van der Waals surface area contributed by atoms with Gasteiger partial charge in [0.2, 0.25) is 0 Å². The highest BCUT2D eigenvalue weighted by Gasteiger charge is 2.10. The summed E-state index contributed by atoms with van der Waals surface area (Å²) in [5.41, 5.74) is 1.47. The first-order valence-electron chi connectivity index (χ1n) is 5.83. The summed E-state index contributed by atoms with van der Waals surface area (Å²) in [5.74, 6) is -0.501. The van der Waals surface area contributed by atoms with E-state index in [1.165, 1.54) is 30.9 Å². The monoisotopic (exact) mass is 236 g/mol. The van der Waals surface area contributed by atoms with Crippen molar-refractivity contribution in [2.75, 3.05) is 6.54 Å². The van der Waals surface area contributed by atoms with Crippen molar-refractivity contribution in [1.82, 2.24) is 10.5 Å². The second kappa shape index (κ2) is 5.63. The predicted octanol–water partition coefficient (Wildman–Crippen LogP) is 1.96. The summed E-state index contributed by atoms with van der Waals surface area (Å²) >= 11 is 0. The molecule has 0 unspecified atom stereocenters. The van der Waals surface area contributed by atoms with E-state index in [1.54, 1.807) is 0 Å². The van der Waals surface area contributed by atoms with Gasteiger partial charge >= 0.3 is 5.97 Å². The van der Waals surface area contributed by atoms with Gasteiger partial charge in [0, 0.05) is 6.07 Å². The molecule has 1 aliphatic carbocycles. The highest BCUT2D eigenvalue weighted by Crippen LogP contribution is 2.19. The van der Waals surface area contributed by atoms with E-state index in [-0.39, 0.29) is 5.69 Å². The first-order valence-corrected chi connectivity index (χ1v) is 5.83. The number of carboxylic acid groups (broad SMARTS) is 1. The first-order chi connectivity index (χ1) is 8.25. The second-order valence-electron chi connectivity index (χ2n) is 4.16. The van der Waals surface area contributed by atoms with Crippen molar-refractivity contribution in [1.29, 1.82) is 0 Å². The molecule has 1 aromatic heterocycles. The second-order valence-corrected chi connectivity index (χ2v) is 4.16. The minimum atomic E-state index is -1.06. The number of allylic oxidation sites excluding steroid dienone is 1. The van der Waals surface area contributed by atoms with Crippen LogP contribution in [0, 0.1) is 0 Å². The molecule has 0 amide bonds. The summed E-state index contributed by atoms with van der Waals surface area (Å²) in [7, 11) is 0. The quantitative estimate of drug-likeness (QED) is 0.583. The van der Waals surface area contributed by atoms with Crippen LogP contribution >= 0.6 is 0 Å². The Labute approximate surface area is 99.5 Å². The molecule has 2 rings (SSSR count). The van der Waals surface area contributed by atoms with E-state index in [9.17, 15) is 4.79 Å². The smallest absolute Gasteiger partial charge is 0.358 e. The highest BCUT2D eigenvalue weighted by atomic mass is 16.5. The predicted molar refractivity (Wildman–Crippen MR) is 61.7 cm³/mol. The molecular weight excluding hydrogens is 220 g/mol. The Balaban J connectivity index is 1.68. The number of nitrogens with one attached hydrogen (secondary N) is 1. The third-order valence-electron chi connectivity index (χ3n) is 2.84. The van der Waals surface area contributed by atoms with Crippen LogP contribution in [0.5, 0.6) is 0 Å². The summed E-state index contributed by atoms with van der Waals surface area (Å²) in [4.78, 5) is 10.6. The summed E-state index contributed by atoms with van der Waals surface area (Å²) in [6.07, 6.45) is 7.06. The number of carbonyl (C=O) groups is 1. The molecule has 0 fully saturated rings. The van der Waals surface area contributed by atoms with Crippen molar-refractivity contribution in [2.45, 2.75) is 32.2 Å². The van der Waals surface area contributed by atoms with Gasteiger partial charge in [-0.05, 0) is 32.2 Å². The molecule has 1 aliphatic rings. The molecule has 1 aromatic rings. The fraction of sp³-hybridized carbons (Fsp3) is 0.500. The van der Waals surface area contributed by atoms with Gasteiger partial charge in [-0.2, -0.15) is 0 Å². The molecular formula is C12H16N2O3. The SMILES string of the molecule is O=C(O)c1cc(CNCCC2=CCCC2)on1. The summed E-state index contributed by atoms with van der Waals surface area (Å²) in [6.45, 7) is 1.41. The largest absolute Gasteiger partial charge is 0.476 e. The molecule has 17 heavy (non-hydrogen) atoms. The van der Waals surface area contributed by atoms with Crippen molar-refractivity contribution in [3.63, 3.8) is 0 Å². The van der Waals surface area contributed by atoms with E-state index in [0.29, 0.717) is 12.3 Å². The van der Waals surface area contributed by atoms with Gasteiger partial charge in [0.1, 0.15) is 0 Å². The third kappa shape index (κ3) is 3.42. The zero-order valence-corrected chi connectivity index (χ0v) is 9.61. The number of nitrogens with zero attached hydrogens (tertiary/aromatic N) is 1. The first kappa shape index (κ1) is 11.9. The minimum absolute atomic E-state index is 0.0414. The normalized spacial score (nSPS) is 14.9. The van der Waals surface area contributed by atoms with Crippen LogP contribution in [-0.4, -0.2) is 22.8 Å². The summed E-state index contributed by atoms with van der Waals surface area (Å²) < 4.78 is 4.89. The lowest BCUT2D eigenvalue weighted by Gasteiger charge is -2.02. The maximum atomic E-state index is 10.6. The third-order valence-corrected chi connectivity index (χ3v) is 2.84. The molecule has 1 heterocycles. The Bertz CT molecular complexity index is 423. The molecule has 0 saturated heterocycles. The van der Waals surface area contributed by atoms with Gasteiger partial charge in [-0.3, -0.25) is 0 Å². The Morgan fingerprint density at radius 3 is 3.12 bits per heavy atom. The molecule has 0 saturated carbocycles. The van der Waals surface area contributed by atoms with E-state index in [4.69, 9.17) is 9.63 Å². The van der Waals surface area contributed by atoms with Crippen LogP contribution in [-0.2, 0) is 6.54 Å². The van der Waals surface area contributed by atoms with E-state index in [1.807, 2.05) is 0 Å². The van der Waals surface area contributed by atoms with Gasteiger partial charge in [-0.1, -0.05) is 16.8 Å². The number of aromatic nitrogens is 1. The van der Waals surface area contributed by atoms with Crippen LogP contribution in [0.2, 0.25) is 0 Å². The molecule has 5 nitrogen and oxygen atoms in total. The van der Waals surface area contributed by atoms with E-state index >= 15 is 0 Å². The van der Waals surface area contributed by atoms with Crippen LogP contribution in [0.25, 0.3) is 0 Å². The van der Waals surface area contributed by atoms with Gasteiger partial charge in [-0.15, -0.1) is 0 Å². The lowest BCUT2D eigenvalue weighted by molar-refractivity contribution is 0.0685. The van der Waals surface area contributed by atoms with Crippen molar-refractivity contribution in [2.24, 2.45) is 0 Å². The van der Waals surface area contributed by atoms with Crippen LogP contribution < -0.4 is 5.32 Å². The standard InChI is InChI=1S/C12H16N2O3/c15-12(16)11-7-10(17-14-11)8-13-6-5-9-3-1-2-4-9/h3,7,13H,1-2,4-6,8H2,(H,15,16). The maximum Gasteiger partial charge on any atom is 0.358 e. The number of hydrogen-bond donors (Lipinski definition) is 2. The van der Waals surface area contributed by atoms with Crippen LogP contribution in [0.3, 0.4) is 0 Å². The van der Waals surface area contributed by atoms with E-state index in [0.717, 1.165) is 13.0 Å². The van der Waals surface area contributed by atoms with Crippen molar-refractivity contribution >= 4 is 5.97 Å². The molecule has 2 N–H and O–H groups in total.